The monoisotopic (exact) mass is 357 g/mol. The predicted molar refractivity (Wildman–Crippen MR) is 97.5 cm³/mol. The second-order valence-electron chi connectivity index (χ2n) is 6.76. The van der Waals surface area contributed by atoms with Gasteiger partial charge in [-0.05, 0) is 42.9 Å². The van der Waals surface area contributed by atoms with Gasteiger partial charge in [-0.25, -0.2) is 9.37 Å². The Balaban J connectivity index is 1.61. The van der Waals surface area contributed by atoms with Crippen molar-refractivity contribution in [1.29, 1.82) is 0 Å². The van der Waals surface area contributed by atoms with E-state index >= 15 is 0 Å². The predicted octanol–water partition coefficient (Wildman–Crippen LogP) is 3.62. The number of thiazole rings is 1. The van der Waals surface area contributed by atoms with Crippen LogP contribution >= 0.6 is 11.3 Å². The fourth-order valence-corrected chi connectivity index (χ4v) is 4.58. The van der Waals surface area contributed by atoms with Gasteiger partial charge in [0.15, 0.2) is 4.96 Å². The molecule has 2 atom stereocenters. The SMILES string of the molecule is Cc1csc2nc(CN[C@H]3c4cccc(F)c4CC[C@@H]3C)cc(=O)n12. The van der Waals surface area contributed by atoms with Gasteiger partial charge in [0.2, 0.25) is 0 Å². The van der Waals surface area contributed by atoms with Gasteiger partial charge in [-0.1, -0.05) is 19.1 Å². The topological polar surface area (TPSA) is 46.4 Å². The molecule has 0 bridgehead atoms. The van der Waals surface area contributed by atoms with Crippen LogP contribution in [0.3, 0.4) is 0 Å². The van der Waals surface area contributed by atoms with Crippen LogP contribution in [0.1, 0.15) is 41.9 Å². The number of halogens is 1. The molecule has 0 unspecified atom stereocenters. The minimum absolute atomic E-state index is 0.0521. The number of aryl methyl sites for hydroxylation is 1. The van der Waals surface area contributed by atoms with E-state index in [-0.39, 0.29) is 17.4 Å². The third-order valence-electron chi connectivity index (χ3n) is 5.04. The average molecular weight is 357 g/mol. The van der Waals surface area contributed by atoms with E-state index in [1.54, 1.807) is 16.5 Å². The largest absolute Gasteiger partial charge is 0.304 e. The number of nitrogens with zero attached hydrogens (tertiary/aromatic N) is 2. The number of hydrogen-bond donors (Lipinski definition) is 1. The van der Waals surface area contributed by atoms with Crippen LogP contribution < -0.4 is 10.9 Å². The Morgan fingerprint density at radius 2 is 2.28 bits per heavy atom. The molecule has 4 nitrogen and oxygen atoms in total. The summed E-state index contributed by atoms with van der Waals surface area (Å²) in [6.07, 6.45) is 1.73. The highest BCUT2D eigenvalue weighted by molar-refractivity contribution is 7.15. The fourth-order valence-electron chi connectivity index (χ4n) is 3.69. The molecule has 4 rings (SSSR count). The van der Waals surface area contributed by atoms with Gasteiger partial charge in [0.05, 0.1) is 5.69 Å². The molecule has 1 N–H and O–H groups in total. The van der Waals surface area contributed by atoms with Crippen molar-refractivity contribution in [2.75, 3.05) is 0 Å². The second-order valence-corrected chi connectivity index (χ2v) is 7.60. The van der Waals surface area contributed by atoms with E-state index in [4.69, 9.17) is 0 Å². The first-order valence-electron chi connectivity index (χ1n) is 8.52. The number of hydrogen-bond acceptors (Lipinski definition) is 4. The van der Waals surface area contributed by atoms with E-state index in [0.29, 0.717) is 17.4 Å². The van der Waals surface area contributed by atoms with E-state index in [1.807, 2.05) is 18.4 Å². The quantitative estimate of drug-likeness (QED) is 0.779. The van der Waals surface area contributed by atoms with E-state index in [1.165, 1.54) is 17.4 Å². The minimum atomic E-state index is -0.122. The Hall–Kier alpha value is -2.05. The summed E-state index contributed by atoms with van der Waals surface area (Å²) >= 11 is 1.47. The van der Waals surface area contributed by atoms with Crippen LogP contribution in [-0.4, -0.2) is 9.38 Å². The van der Waals surface area contributed by atoms with Crippen molar-refractivity contribution in [3.05, 3.63) is 68.3 Å². The summed E-state index contributed by atoms with van der Waals surface area (Å²) in [7, 11) is 0. The van der Waals surface area contributed by atoms with Crippen LogP contribution in [0.15, 0.2) is 34.4 Å². The van der Waals surface area contributed by atoms with Gasteiger partial charge in [-0.3, -0.25) is 9.20 Å². The van der Waals surface area contributed by atoms with Gasteiger partial charge in [-0.15, -0.1) is 11.3 Å². The van der Waals surface area contributed by atoms with Crippen LogP contribution in [-0.2, 0) is 13.0 Å². The molecule has 3 aromatic rings. The number of rotatable bonds is 3. The highest BCUT2D eigenvalue weighted by Crippen LogP contribution is 2.35. The molecule has 0 saturated carbocycles. The Morgan fingerprint density at radius 3 is 3.12 bits per heavy atom. The maximum atomic E-state index is 14.1. The molecule has 0 spiro atoms. The molecule has 1 aliphatic rings. The molecule has 0 saturated heterocycles. The van der Waals surface area contributed by atoms with Crippen molar-refractivity contribution >= 4 is 16.3 Å². The summed E-state index contributed by atoms with van der Waals surface area (Å²) in [5, 5.41) is 5.43. The van der Waals surface area contributed by atoms with Gasteiger partial charge < -0.3 is 5.32 Å². The second kappa shape index (κ2) is 6.35. The van der Waals surface area contributed by atoms with Crippen LogP contribution in [0.25, 0.3) is 4.96 Å². The number of benzene rings is 1. The maximum absolute atomic E-state index is 14.1. The van der Waals surface area contributed by atoms with Gasteiger partial charge in [0.25, 0.3) is 5.56 Å². The lowest BCUT2D eigenvalue weighted by atomic mass is 9.80. The zero-order chi connectivity index (χ0) is 17.6. The van der Waals surface area contributed by atoms with Gasteiger partial charge in [-0.2, -0.15) is 0 Å². The smallest absolute Gasteiger partial charge is 0.259 e. The van der Waals surface area contributed by atoms with Crippen molar-refractivity contribution in [1.82, 2.24) is 14.7 Å². The maximum Gasteiger partial charge on any atom is 0.259 e. The molecule has 1 aromatic carbocycles. The lowest BCUT2D eigenvalue weighted by molar-refractivity contribution is 0.337. The van der Waals surface area contributed by atoms with Crippen LogP contribution in [0, 0.1) is 18.7 Å². The highest BCUT2D eigenvalue weighted by atomic mass is 32.1. The van der Waals surface area contributed by atoms with Crippen molar-refractivity contribution in [3.63, 3.8) is 0 Å². The zero-order valence-corrected chi connectivity index (χ0v) is 15.1. The van der Waals surface area contributed by atoms with Crippen LogP contribution in [0.2, 0.25) is 0 Å². The standard InChI is InChI=1S/C19H20FN3OS/c1-11-6-7-14-15(4-3-5-16(14)20)18(11)21-9-13-8-17(24)23-12(2)10-25-19(23)22-13/h3-5,8,10-11,18,21H,6-7,9H2,1-2H3/t11-,18+/m0/s1. The van der Waals surface area contributed by atoms with E-state index < -0.39 is 0 Å². The third-order valence-corrected chi connectivity index (χ3v) is 5.98. The van der Waals surface area contributed by atoms with Crippen molar-refractivity contribution in [2.24, 2.45) is 5.92 Å². The lowest BCUT2D eigenvalue weighted by Crippen LogP contribution is -2.32. The Bertz CT molecular complexity index is 994. The molecule has 1 aliphatic carbocycles. The Morgan fingerprint density at radius 1 is 1.44 bits per heavy atom. The molecule has 6 heteroatoms. The number of aromatic nitrogens is 2. The van der Waals surface area contributed by atoms with E-state index in [9.17, 15) is 9.18 Å². The van der Waals surface area contributed by atoms with Gasteiger partial charge in [0, 0.05) is 29.7 Å². The first-order chi connectivity index (χ1) is 12.0. The average Bonchev–Trinajstić information content (AvgIpc) is 2.96. The Labute approximate surface area is 149 Å². The minimum Gasteiger partial charge on any atom is -0.304 e. The molecule has 25 heavy (non-hydrogen) atoms. The van der Waals surface area contributed by atoms with E-state index in [2.05, 4.69) is 17.2 Å². The first-order valence-corrected chi connectivity index (χ1v) is 9.40. The summed E-state index contributed by atoms with van der Waals surface area (Å²) in [4.78, 5) is 17.6. The summed E-state index contributed by atoms with van der Waals surface area (Å²) in [5.74, 6) is 0.283. The van der Waals surface area contributed by atoms with Crippen molar-refractivity contribution in [2.45, 2.75) is 39.3 Å². The molecular weight excluding hydrogens is 337 g/mol. The summed E-state index contributed by atoms with van der Waals surface area (Å²) in [6.45, 7) is 4.58. The van der Waals surface area contributed by atoms with Crippen LogP contribution in [0.5, 0.6) is 0 Å². The molecule has 130 valence electrons. The highest BCUT2D eigenvalue weighted by Gasteiger charge is 2.27. The van der Waals surface area contributed by atoms with Crippen LogP contribution in [0.4, 0.5) is 4.39 Å². The summed E-state index contributed by atoms with van der Waals surface area (Å²) < 4.78 is 15.7. The molecular formula is C19H20FN3OS. The summed E-state index contributed by atoms with van der Waals surface area (Å²) in [6, 6.07) is 6.96. The molecule has 0 amide bonds. The Kier molecular flexibility index (Phi) is 4.17. The number of nitrogens with one attached hydrogen (secondary N) is 1. The summed E-state index contributed by atoms with van der Waals surface area (Å²) in [5.41, 5.74) is 3.42. The zero-order valence-electron chi connectivity index (χ0n) is 14.3. The van der Waals surface area contributed by atoms with Gasteiger partial charge >= 0.3 is 0 Å². The molecule has 2 heterocycles. The molecule has 0 radical (unpaired) electrons. The number of fused-ring (bicyclic) bond motifs is 2. The third kappa shape index (κ3) is 2.89. The van der Waals surface area contributed by atoms with E-state index in [0.717, 1.165) is 35.4 Å². The molecule has 0 aliphatic heterocycles. The molecule has 2 aromatic heterocycles. The normalized spacial score (nSPS) is 20.0. The van der Waals surface area contributed by atoms with Gasteiger partial charge in [0.1, 0.15) is 5.82 Å². The lowest BCUT2D eigenvalue weighted by Gasteiger charge is -2.32. The molecule has 0 fully saturated rings. The fraction of sp³-hybridized carbons (Fsp3) is 0.368. The van der Waals surface area contributed by atoms with Crippen molar-refractivity contribution < 1.29 is 4.39 Å². The van der Waals surface area contributed by atoms with Crippen molar-refractivity contribution in [3.8, 4) is 0 Å². The first kappa shape index (κ1) is 16.4.